The predicted molar refractivity (Wildman–Crippen MR) is 288 cm³/mol. The molecule has 0 spiro atoms. The number of allylic oxidation sites excluding steroid dienone is 12. The molecule has 6 nitrogen and oxygen atoms in total. The maximum atomic E-state index is 12.8. The van der Waals surface area contributed by atoms with Crippen molar-refractivity contribution in [3.05, 3.63) is 72.9 Å². The van der Waals surface area contributed by atoms with Crippen LogP contribution in [0.1, 0.15) is 278 Å². The van der Waals surface area contributed by atoms with E-state index in [-0.39, 0.29) is 37.5 Å². The van der Waals surface area contributed by atoms with Crippen molar-refractivity contribution in [2.75, 3.05) is 13.2 Å². The van der Waals surface area contributed by atoms with Crippen LogP contribution >= 0.6 is 0 Å². The predicted octanol–water partition coefficient (Wildman–Crippen LogP) is 19.0. The van der Waals surface area contributed by atoms with E-state index in [1.54, 1.807) is 0 Å². The molecule has 0 aromatic rings. The maximum absolute atomic E-state index is 12.8. The molecule has 0 aliphatic rings. The highest BCUT2D eigenvalue weighted by molar-refractivity contribution is 5.71. The van der Waals surface area contributed by atoms with Gasteiger partial charge in [0.15, 0.2) is 6.10 Å². The van der Waals surface area contributed by atoms with Crippen molar-refractivity contribution < 1.29 is 28.6 Å². The fraction of sp³-hybridized carbons (Fsp3) is 0.754. The van der Waals surface area contributed by atoms with Crippen molar-refractivity contribution in [2.24, 2.45) is 0 Å². The van der Waals surface area contributed by atoms with Crippen molar-refractivity contribution in [3.8, 4) is 0 Å². The number of carbonyl (C=O) groups excluding carboxylic acids is 3. The van der Waals surface area contributed by atoms with Crippen LogP contribution in [0, 0.1) is 0 Å². The van der Waals surface area contributed by atoms with Gasteiger partial charge in [0.2, 0.25) is 0 Å². The van der Waals surface area contributed by atoms with Gasteiger partial charge in [-0.15, -0.1) is 0 Å². The van der Waals surface area contributed by atoms with Gasteiger partial charge in [-0.05, 0) is 83.5 Å². The Morgan fingerprint density at radius 1 is 0.313 bits per heavy atom. The summed E-state index contributed by atoms with van der Waals surface area (Å²) in [5, 5.41) is 0. The van der Waals surface area contributed by atoms with Crippen molar-refractivity contribution in [1.82, 2.24) is 0 Å². The standard InChI is InChI=1S/C61H106O6/c1-4-7-10-13-16-19-21-23-25-27-28-29-30-31-32-34-35-37-39-42-45-48-51-54-60(63)66-57-58(56-65-59(62)53-50-47-44-41-18-15-12-9-6-3)67-61(64)55-52-49-46-43-40-38-36-33-26-24-22-20-17-14-11-8-5-2/h8,11,17,20,24,26-28,36,38,43,46,58H,4-7,9-10,12-16,18-19,21-23,25,29-35,37,39-42,44-45,47-57H2,1-3H3/b11-8-,20-17-,26-24-,28-27-,38-36-,46-43-. The molecule has 0 bridgehead atoms. The minimum atomic E-state index is -0.802. The van der Waals surface area contributed by atoms with Gasteiger partial charge >= 0.3 is 17.9 Å². The van der Waals surface area contributed by atoms with E-state index in [2.05, 4.69) is 93.7 Å². The van der Waals surface area contributed by atoms with E-state index in [9.17, 15) is 14.4 Å². The number of hydrogen-bond acceptors (Lipinski definition) is 6. The summed E-state index contributed by atoms with van der Waals surface area (Å²) in [4.78, 5) is 38.0. The van der Waals surface area contributed by atoms with Gasteiger partial charge < -0.3 is 14.2 Å². The SMILES string of the molecule is CC/C=C\C/C=C\C/C=C\C/C=C\C/C=C\CCCC(=O)OC(COC(=O)CCCCCCCCCCC)COC(=O)CCCCCCCCCCCCC/C=C\CCCCCCCCCC. The van der Waals surface area contributed by atoms with Crippen LogP contribution in [0.5, 0.6) is 0 Å². The topological polar surface area (TPSA) is 78.9 Å². The highest BCUT2D eigenvalue weighted by atomic mass is 16.6. The number of unbranched alkanes of at least 4 members (excludes halogenated alkanes) is 28. The van der Waals surface area contributed by atoms with E-state index in [0.717, 1.165) is 77.0 Å². The molecular weight excluding hydrogens is 829 g/mol. The molecule has 6 heteroatoms. The van der Waals surface area contributed by atoms with Gasteiger partial charge in [-0.1, -0.05) is 248 Å². The van der Waals surface area contributed by atoms with Crippen molar-refractivity contribution >= 4 is 17.9 Å². The largest absolute Gasteiger partial charge is 0.462 e. The molecule has 0 aliphatic carbocycles. The number of rotatable bonds is 51. The fourth-order valence-electron chi connectivity index (χ4n) is 7.94. The van der Waals surface area contributed by atoms with E-state index in [1.165, 1.54) is 154 Å². The zero-order valence-corrected chi connectivity index (χ0v) is 44.2. The zero-order valence-electron chi connectivity index (χ0n) is 44.2. The van der Waals surface area contributed by atoms with Crippen molar-refractivity contribution in [1.29, 1.82) is 0 Å². The van der Waals surface area contributed by atoms with Gasteiger partial charge in [-0.2, -0.15) is 0 Å². The first-order valence-corrected chi connectivity index (χ1v) is 28.4. The van der Waals surface area contributed by atoms with E-state index >= 15 is 0 Å². The summed E-state index contributed by atoms with van der Waals surface area (Å²) in [6.07, 6.45) is 70.6. The monoisotopic (exact) mass is 935 g/mol. The quantitative estimate of drug-likeness (QED) is 0.0262. The van der Waals surface area contributed by atoms with E-state index in [1.807, 2.05) is 0 Å². The molecule has 0 saturated carbocycles. The van der Waals surface area contributed by atoms with Crippen LogP contribution in [0.2, 0.25) is 0 Å². The Balaban J connectivity index is 4.30. The van der Waals surface area contributed by atoms with Gasteiger partial charge in [-0.25, -0.2) is 0 Å². The summed E-state index contributed by atoms with van der Waals surface area (Å²) in [7, 11) is 0. The molecule has 0 aliphatic heterocycles. The third-order valence-electron chi connectivity index (χ3n) is 12.2. The lowest BCUT2D eigenvalue weighted by Crippen LogP contribution is -2.30. The number of carbonyl (C=O) groups is 3. The van der Waals surface area contributed by atoms with E-state index in [0.29, 0.717) is 19.3 Å². The van der Waals surface area contributed by atoms with Gasteiger partial charge in [0.25, 0.3) is 0 Å². The average Bonchev–Trinajstić information content (AvgIpc) is 3.33. The molecule has 0 N–H and O–H groups in total. The van der Waals surface area contributed by atoms with Gasteiger partial charge in [0.1, 0.15) is 13.2 Å². The Labute approximate surface area is 414 Å². The third-order valence-corrected chi connectivity index (χ3v) is 12.2. The summed E-state index contributed by atoms with van der Waals surface area (Å²) < 4.78 is 16.8. The van der Waals surface area contributed by atoms with E-state index in [4.69, 9.17) is 14.2 Å². The highest BCUT2D eigenvalue weighted by Gasteiger charge is 2.19. The Morgan fingerprint density at radius 2 is 0.597 bits per heavy atom. The molecule has 0 aromatic heterocycles. The molecule has 0 saturated heterocycles. The first-order chi connectivity index (χ1) is 33.0. The maximum Gasteiger partial charge on any atom is 0.306 e. The molecule has 67 heavy (non-hydrogen) atoms. The first kappa shape index (κ1) is 63.8. The Morgan fingerprint density at radius 3 is 0.970 bits per heavy atom. The molecule has 0 rings (SSSR count). The van der Waals surface area contributed by atoms with Crippen LogP contribution in [0.4, 0.5) is 0 Å². The minimum Gasteiger partial charge on any atom is -0.462 e. The molecule has 0 fully saturated rings. The smallest absolute Gasteiger partial charge is 0.306 e. The van der Waals surface area contributed by atoms with Crippen molar-refractivity contribution in [3.63, 3.8) is 0 Å². The van der Waals surface area contributed by atoms with Crippen LogP contribution < -0.4 is 0 Å². The average molecular weight is 936 g/mol. The second-order valence-corrected chi connectivity index (χ2v) is 18.8. The van der Waals surface area contributed by atoms with Gasteiger partial charge in [0, 0.05) is 19.3 Å². The second kappa shape index (κ2) is 55.4. The van der Waals surface area contributed by atoms with Crippen LogP contribution in [0.25, 0.3) is 0 Å². The lowest BCUT2D eigenvalue weighted by Gasteiger charge is -2.18. The number of ether oxygens (including phenoxy) is 3. The highest BCUT2D eigenvalue weighted by Crippen LogP contribution is 2.15. The molecular formula is C61H106O6. The lowest BCUT2D eigenvalue weighted by atomic mass is 10.0. The molecule has 0 radical (unpaired) electrons. The summed E-state index contributed by atoms with van der Waals surface area (Å²) in [5.74, 6) is -0.952. The second-order valence-electron chi connectivity index (χ2n) is 18.8. The summed E-state index contributed by atoms with van der Waals surface area (Å²) in [6, 6.07) is 0. The van der Waals surface area contributed by atoms with E-state index < -0.39 is 6.10 Å². The lowest BCUT2D eigenvalue weighted by molar-refractivity contribution is -0.167. The van der Waals surface area contributed by atoms with Crippen LogP contribution in [-0.4, -0.2) is 37.2 Å². The van der Waals surface area contributed by atoms with Gasteiger partial charge in [0.05, 0.1) is 0 Å². The molecule has 0 amide bonds. The summed E-state index contributed by atoms with van der Waals surface area (Å²) in [6.45, 7) is 6.47. The summed E-state index contributed by atoms with van der Waals surface area (Å²) in [5.41, 5.74) is 0. The molecule has 0 aromatic carbocycles. The molecule has 0 heterocycles. The molecule has 386 valence electrons. The van der Waals surface area contributed by atoms with Gasteiger partial charge in [-0.3, -0.25) is 14.4 Å². The Hall–Kier alpha value is -3.15. The zero-order chi connectivity index (χ0) is 48.6. The number of hydrogen-bond donors (Lipinski definition) is 0. The molecule has 1 atom stereocenters. The molecule has 1 unspecified atom stereocenters. The summed E-state index contributed by atoms with van der Waals surface area (Å²) >= 11 is 0. The van der Waals surface area contributed by atoms with Crippen molar-refractivity contribution in [2.45, 2.75) is 284 Å². The Bertz CT molecular complexity index is 1260. The first-order valence-electron chi connectivity index (χ1n) is 28.4. The minimum absolute atomic E-state index is 0.0964. The van der Waals surface area contributed by atoms with Crippen LogP contribution in [0.3, 0.4) is 0 Å². The van der Waals surface area contributed by atoms with Crippen LogP contribution in [0.15, 0.2) is 72.9 Å². The number of esters is 3. The normalized spacial score (nSPS) is 12.6. The van der Waals surface area contributed by atoms with Crippen LogP contribution in [-0.2, 0) is 28.6 Å². The Kier molecular flexibility index (Phi) is 52.8. The fourth-order valence-corrected chi connectivity index (χ4v) is 7.94. The third kappa shape index (κ3) is 53.7.